The van der Waals surface area contributed by atoms with Crippen LogP contribution in [0.1, 0.15) is 6.42 Å². The van der Waals surface area contributed by atoms with Crippen LogP contribution in [-0.2, 0) is 0 Å². The molecule has 21 heavy (non-hydrogen) atoms. The minimum absolute atomic E-state index is 0.240. The molecular weight excluding hydrogens is 262 g/mol. The molecule has 0 unspecified atom stereocenters. The van der Waals surface area contributed by atoms with Gasteiger partial charge in [0.25, 0.3) is 0 Å². The monoisotopic (exact) mass is 279 g/mol. The molecule has 1 fully saturated rings. The molecule has 0 bridgehead atoms. The molecular formula is C16H17N5. The Morgan fingerprint density at radius 2 is 2.00 bits per heavy atom. The van der Waals surface area contributed by atoms with Crippen molar-refractivity contribution in [3.8, 4) is 11.3 Å². The third kappa shape index (κ3) is 2.15. The standard InChI is InChI=1S/C16H17N5/c17-13-7-9-20(11-13)16-10-14(12-4-2-1-3-5-12)19-15-6-8-18-21(15)16/h1-6,8,10,13H,7,9,11,17H2/t13-/m1/s1. The zero-order valence-electron chi connectivity index (χ0n) is 11.7. The molecule has 1 aliphatic rings. The molecule has 3 heterocycles. The molecule has 1 aliphatic heterocycles. The summed E-state index contributed by atoms with van der Waals surface area (Å²) in [4.78, 5) is 6.99. The molecule has 5 heteroatoms. The van der Waals surface area contributed by atoms with E-state index in [0.717, 1.165) is 42.2 Å². The van der Waals surface area contributed by atoms with Crippen LogP contribution in [-0.4, -0.2) is 33.7 Å². The van der Waals surface area contributed by atoms with E-state index >= 15 is 0 Å². The minimum atomic E-state index is 0.240. The van der Waals surface area contributed by atoms with E-state index in [4.69, 9.17) is 10.7 Å². The zero-order chi connectivity index (χ0) is 14.2. The summed E-state index contributed by atoms with van der Waals surface area (Å²) in [6, 6.07) is 14.5. The second-order valence-corrected chi connectivity index (χ2v) is 5.46. The molecule has 0 amide bonds. The van der Waals surface area contributed by atoms with Crippen LogP contribution in [0.5, 0.6) is 0 Å². The van der Waals surface area contributed by atoms with Crippen LogP contribution in [0.25, 0.3) is 16.9 Å². The molecule has 1 saturated heterocycles. The molecule has 2 N–H and O–H groups in total. The smallest absolute Gasteiger partial charge is 0.157 e. The van der Waals surface area contributed by atoms with E-state index in [-0.39, 0.29) is 6.04 Å². The van der Waals surface area contributed by atoms with E-state index < -0.39 is 0 Å². The number of nitrogens with two attached hydrogens (primary N) is 1. The van der Waals surface area contributed by atoms with Gasteiger partial charge in [-0.25, -0.2) is 4.98 Å². The van der Waals surface area contributed by atoms with Crippen LogP contribution in [0.15, 0.2) is 48.7 Å². The van der Waals surface area contributed by atoms with Gasteiger partial charge in [-0.3, -0.25) is 0 Å². The van der Waals surface area contributed by atoms with Crippen LogP contribution in [0.3, 0.4) is 0 Å². The number of rotatable bonds is 2. The van der Waals surface area contributed by atoms with Gasteiger partial charge in [-0.1, -0.05) is 30.3 Å². The molecule has 106 valence electrons. The largest absolute Gasteiger partial charge is 0.355 e. The summed E-state index contributed by atoms with van der Waals surface area (Å²) >= 11 is 0. The molecule has 2 aromatic heterocycles. The Kier molecular flexibility index (Phi) is 2.86. The molecule has 4 rings (SSSR count). The topological polar surface area (TPSA) is 59.5 Å². The van der Waals surface area contributed by atoms with Crippen LogP contribution >= 0.6 is 0 Å². The highest BCUT2D eigenvalue weighted by Crippen LogP contribution is 2.26. The summed E-state index contributed by atoms with van der Waals surface area (Å²) in [5, 5.41) is 4.39. The normalized spacial score (nSPS) is 18.5. The van der Waals surface area contributed by atoms with Gasteiger partial charge >= 0.3 is 0 Å². The fourth-order valence-electron chi connectivity index (χ4n) is 2.87. The average Bonchev–Trinajstić information content (AvgIpc) is 3.15. The lowest BCUT2D eigenvalue weighted by Crippen LogP contribution is -2.27. The van der Waals surface area contributed by atoms with E-state index in [0.29, 0.717) is 0 Å². The van der Waals surface area contributed by atoms with E-state index in [1.165, 1.54) is 0 Å². The van der Waals surface area contributed by atoms with Crippen molar-refractivity contribution in [1.29, 1.82) is 0 Å². The van der Waals surface area contributed by atoms with Gasteiger partial charge in [0.2, 0.25) is 0 Å². The van der Waals surface area contributed by atoms with Crippen LogP contribution < -0.4 is 10.6 Å². The molecule has 5 nitrogen and oxygen atoms in total. The van der Waals surface area contributed by atoms with Gasteiger partial charge in [-0.05, 0) is 6.42 Å². The highest BCUT2D eigenvalue weighted by Gasteiger charge is 2.22. The first-order valence-corrected chi connectivity index (χ1v) is 7.22. The number of hydrogen-bond acceptors (Lipinski definition) is 4. The van der Waals surface area contributed by atoms with Gasteiger partial charge in [0.1, 0.15) is 5.82 Å². The Hall–Kier alpha value is -2.40. The quantitative estimate of drug-likeness (QED) is 0.778. The van der Waals surface area contributed by atoms with Crippen molar-refractivity contribution in [3.63, 3.8) is 0 Å². The lowest BCUT2D eigenvalue weighted by atomic mass is 10.1. The van der Waals surface area contributed by atoms with Gasteiger partial charge in [0, 0.05) is 36.8 Å². The van der Waals surface area contributed by atoms with Crippen molar-refractivity contribution in [2.24, 2.45) is 5.73 Å². The van der Waals surface area contributed by atoms with Gasteiger partial charge in [-0.2, -0.15) is 9.61 Å². The number of fused-ring (bicyclic) bond motifs is 1. The molecule has 0 saturated carbocycles. The van der Waals surface area contributed by atoms with Gasteiger partial charge < -0.3 is 10.6 Å². The summed E-state index contributed by atoms with van der Waals surface area (Å²) in [6.07, 6.45) is 2.81. The van der Waals surface area contributed by atoms with Crippen molar-refractivity contribution in [2.75, 3.05) is 18.0 Å². The van der Waals surface area contributed by atoms with Gasteiger partial charge in [-0.15, -0.1) is 0 Å². The summed E-state index contributed by atoms with van der Waals surface area (Å²) in [7, 11) is 0. The highest BCUT2D eigenvalue weighted by atomic mass is 15.4. The first-order chi connectivity index (χ1) is 10.3. The maximum absolute atomic E-state index is 6.04. The second-order valence-electron chi connectivity index (χ2n) is 5.46. The number of benzene rings is 1. The summed E-state index contributed by atoms with van der Waals surface area (Å²) in [5.41, 5.74) is 9.00. The Labute approximate surface area is 123 Å². The average molecular weight is 279 g/mol. The maximum Gasteiger partial charge on any atom is 0.157 e. The molecule has 0 aliphatic carbocycles. The van der Waals surface area contributed by atoms with Crippen molar-refractivity contribution in [2.45, 2.75) is 12.5 Å². The lowest BCUT2D eigenvalue weighted by molar-refractivity contribution is 0.749. The number of anilines is 1. The predicted octanol–water partition coefficient (Wildman–Crippen LogP) is 1.93. The SMILES string of the molecule is N[C@@H]1CCN(c2cc(-c3ccccc3)nc3ccnn23)C1. The maximum atomic E-state index is 6.04. The molecule has 1 aromatic carbocycles. The summed E-state index contributed by atoms with van der Waals surface area (Å²) < 4.78 is 1.89. The predicted molar refractivity (Wildman–Crippen MR) is 83.2 cm³/mol. The third-order valence-electron chi connectivity index (χ3n) is 3.96. The number of hydrogen-bond donors (Lipinski definition) is 1. The zero-order valence-corrected chi connectivity index (χ0v) is 11.7. The molecule has 3 aromatic rings. The fraction of sp³-hybridized carbons (Fsp3) is 0.250. The first kappa shape index (κ1) is 12.3. The van der Waals surface area contributed by atoms with E-state index in [1.54, 1.807) is 6.20 Å². The summed E-state index contributed by atoms with van der Waals surface area (Å²) in [5.74, 6) is 1.07. The molecule has 1 atom stereocenters. The van der Waals surface area contributed by atoms with Crippen molar-refractivity contribution in [1.82, 2.24) is 14.6 Å². The number of aromatic nitrogens is 3. The second kappa shape index (κ2) is 4.86. The van der Waals surface area contributed by atoms with Crippen molar-refractivity contribution >= 4 is 11.5 Å². The Morgan fingerprint density at radius 3 is 2.76 bits per heavy atom. The minimum Gasteiger partial charge on any atom is -0.355 e. The van der Waals surface area contributed by atoms with Crippen LogP contribution in [0.2, 0.25) is 0 Å². The number of nitrogens with zero attached hydrogens (tertiary/aromatic N) is 4. The summed E-state index contributed by atoms with van der Waals surface area (Å²) in [6.45, 7) is 1.83. The third-order valence-corrected chi connectivity index (χ3v) is 3.96. The van der Waals surface area contributed by atoms with Gasteiger partial charge in [0.05, 0.1) is 11.9 Å². The van der Waals surface area contributed by atoms with E-state index in [9.17, 15) is 0 Å². The first-order valence-electron chi connectivity index (χ1n) is 7.22. The highest BCUT2D eigenvalue weighted by molar-refractivity contribution is 5.67. The Morgan fingerprint density at radius 1 is 1.14 bits per heavy atom. The lowest BCUT2D eigenvalue weighted by Gasteiger charge is -2.19. The van der Waals surface area contributed by atoms with E-state index in [1.807, 2.05) is 28.8 Å². The molecule has 0 spiro atoms. The molecule has 0 radical (unpaired) electrons. The van der Waals surface area contributed by atoms with E-state index in [2.05, 4.69) is 28.2 Å². The Balaban J connectivity index is 1.87. The van der Waals surface area contributed by atoms with Crippen molar-refractivity contribution < 1.29 is 0 Å². The Bertz CT molecular complexity index is 765. The van der Waals surface area contributed by atoms with Crippen LogP contribution in [0.4, 0.5) is 5.82 Å². The van der Waals surface area contributed by atoms with Gasteiger partial charge in [0.15, 0.2) is 5.65 Å². The fourth-order valence-corrected chi connectivity index (χ4v) is 2.87. The van der Waals surface area contributed by atoms with Crippen molar-refractivity contribution in [3.05, 3.63) is 48.7 Å². The van der Waals surface area contributed by atoms with Crippen LogP contribution in [0, 0.1) is 0 Å².